The van der Waals surface area contributed by atoms with E-state index < -0.39 is 0 Å². The highest BCUT2D eigenvalue weighted by Crippen LogP contribution is 2.30. The molecule has 6 aromatic rings. The molecule has 0 saturated heterocycles. The summed E-state index contributed by atoms with van der Waals surface area (Å²) in [5.74, 6) is 1.37. The Morgan fingerprint density at radius 2 is 1.51 bits per heavy atom. The van der Waals surface area contributed by atoms with E-state index in [9.17, 15) is 9.59 Å². The maximum absolute atomic E-state index is 14.0. The van der Waals surface area contributed by atoms with Gasteiger partial charge in [-0.05, 0) is 40.3 Å². The zero-order valence-electron chi connectivity index (χ0n) is 24.6. The van der Waals surface area contributed by atoms with Crippen LogP contribution in [0.3, 0.4) is 0 Å². The Labute approximate surface area is 248 Å². The number of hydrogen-bond acceptors (Lipinski definition) is 6. The fourth-order valence-corrected chi connectivity index (χ4v) is 5.59. The molecule has 3 aromatic carbocycles. The minimum Gasteiger partial charge on any atom is -0.317 e. The van der Waals surface area contributed by atoms with Crippen molar-refractivity contribution in [1.29, 1.82) is 0 Å². The summed E-state index contributed by atoms with van der Waals surface area (Å²) in [5, 5.41) is 14.5. The van der Waals surface area contributed by atoms with Crippen LogP contribution in [-0.4, -0.2) is 39.3 Å². The Bertz CT molecular complexity index is 1970. The standard InChI is InChI=1S/C33H34N8O2/c1-4-19-39-31-28(32(42)40(33(39)43)20-18-23-10-6-5-7-11-23)41(30(34-31)22(2)3)21-24-14-16-25(17-15-24)26-12-8-9-13-27(26)29-35-37-38-36-29/h5-17,22H,4,18-21H2,1-3H3,(H,35,36,37,38). The number of fused-ring (bicyclic) bond motifs is 1. The maximum Gasteiger partial charge on any atom is 0.332 e. The van der Waals surface area contributed by atoms with Gasteiger partial charge in [0.25, 0.3) is 5.56 Å². The van der Waals surface area contributed by atoms with E-state index in [1.807, 2.05) is 66.1 Å². The highest BCUT2D eigenvalue weighted by Gasteiger charge is 2.23. The van der Waals surface area contributed by atoms with Gasteiger partial charge in [-0.1, -0.05) is 99.6 Å². The lowest BCUT2D eigenvalue weighted by atomic mass is 9.98. The number of tetrazole rings is 1. The van der Waals surface area contributed by atoms with Crippen LogP contribution in [-0.2, 0) is 26.1 Å². The van der Waals surface area contributed by atoms with Gasteiger partial charge >= 0.3 is 5.69 Å². The third kappa shape index (κ3) is 5.43. The van der Waals surface area contributed by atoms with Crippen LogP contribution >= 0.6 is 0 Å². The number of aryl methyl sites for hydroxylation is 2. The van der Waals surface area contributed by atoms with Gasteiger partial charge in [-0.25, -0.2) is 9.78 Å². The number of benzene rings is 3. The summed E-state index contributed by atoms with van der Waals surface area (Å²) in [6.07, 6.45) is 1.34. The van der Waals surface area contributed by atoms with E-state index in [1.165, 1.54) is 4.57 Å². The Morgan fingerprint density at radius 3 is 2.19 bits per heavy atom. The summed E-state index contributed by atoms with van der Waals surface area (Å²) in [4.78, 5) is 32.5. The van der Waals surface area contributed by atoms with Crippen LogP contribution in [0.1, 0.15) is 50.1 Å². The first-order chi connectivity index (χ1) is 21.0. The Morgan fingerprint density at radius 1 is 0.791 bits per heavy atom. The van der Waals surface area contributed by atoms with Crippen LogP contribution in [0.5, 0.6) is 0 Å². The summed E-state index contributed by atoms with van der Waals surface area (Å²) in [7, 11) is 0. The average Bonchev–Trinajstić information content (AvgIpc) is 3.69. The molecule has 0 unspecified atom stereocenters. The fraction of sp³-hybridized carbons (Fsp3) is 0.273. The Balaban J connectivity index is 1.42. The van der Waals surface area contributed by atoms with Gasteiger partial charge in [-0.2, -0.15) is 5.21 Å². The largest absolute Gasteiger partial charge is 0.332 e. The molecule has 3 heterocycles. The zero-order valence-corrected chi connectivity index (χ0v) is 24.6. The molecule has 10 heteroatoms. The van der Waals surface area contributed by atoms with E-state index in [1.54, 1.807) is 4.57 Å². The van der Waals surface area contributed by atoms with Crippen molar-refractivity contribution in [2.75, 3.05) is 0 Å². The van der Waals surface area contributed by atoms with Crippen molar-refractivity contribution in [2.24, 2.45) is 0 Å². The number of H-pyrrole nitrogens is 1. The van der Waals surface area contributed by atoms with E-state index in [4.69, 9.17) is 4.98 Å². The molecule has 0 bridgehead atoms. The highest BCUT2D eigenvalue weighted by molar-refractivity contribution is 5.80. The smallest absolute Gasteiger partial charge is 0.317 e. The average molecular weight is 575 g/mol. The van der Waals surface area contributed by atoms with Gasteiger partial charge in [0, 0.05) is 31.1 Å². The van der Waals surface area contributed by atoms with Crippen LogP contribution < -0.4 is 11.2 Å². The van der Waals surface area contributed by atoms with Crippen molar-refractivity contribution in [3.05, 3.63) is 117 Å². The monoisotopic (exact) mass is 574 g/mol. The first kappa shape index (κ1) is 28.0. The first-order valence-corrected chi connectivity index (χ1v) is 14.7. The van der Waals surface area contributed by atoms with Gasteiger partial charge in [0.15, 0.2) is 11.2 Å². The number of imidazole rings is 1. The topological polar surface area (TPSA) is 116 Å². The van der Waals surface area contributed by atoms with Gasteiger partial charge in [-0.3, -0.25) is 13.9 Å². The van der Waals surface area contributed by atoms with Crippen molar-refractivity contribution >= 4 is 11.2 Å². The Kier molecular flexibility index (Phi) is 7.83. The molecule has 43 heavy (non-hydrogen) atoms. The van der Waals surface area contributed by atoms with Crippen LogP contribution in [0, 0.1) is 0 Å². The second-order valence-corrected chi connectivity index (χ2v) is 11.0. The minimum atomic E-state index is -0.306. The molecule has 0 spiro atoms. The third-order valence-electron chi connectivity index (χ3n) is 7.69. The number of hydrogen-bond donors (Lipinski definition) is 1. The van der Waals surface area contributed by atoms with Crippen molar-refractivity contribution in [1.82, 2.24) is 39.3 Å². The quantitative estimate of drug-likeness (QED) is 0.245. The number of nitrogens with zero attached hydrogens (tertiary/aromatic N) is 7. The van der Waals surface area contributed by atoms with Gasteiger partial charge in [-0.15, -0.1) is 10.2 Å². The van der Waals surface area contributed by atoms with Crippen molar-refractivity contribution in [2.45, 2.75) is 59.2 Å². The molecule has 0 aliphatic rings. The normalized spacial score (nSPS) is 11.5. The molecule has 6 rings (SSSR count). The van der Waals surface area contributed by atoms with Crippen LogP contribution in [0.25, 0.3) is 33.7 Å². The molecular weight excluding hydrogens is 540 g/mol. The third-order valence-corrected chi connectivity index (χ3v) is 7.69. The van der Waals surface area contributed by atoms with E-state index >= 15 is 0 Å². The molecular formula is C33H34N8O2. The summed E-state index contributed by atoms with van der Waals surface area (Å²) >= 11 is 0. The maximum atomic E-state index is 14.0. The predicted octanol–water partition coefficient (Wildman–Crippen LogP) is 5.03. The SMILES string of the molecule is CCCn1c(=O)n(CCc2ccccc2)c(=O)c2c1nc(C(C)C)n2Cc1ccc(-c2ccccc2-c2nn[nH]n2)cc1. The zero-order chi connectivity index (χ0) is 29.9. The Hall–Kier alpha value is -5.12. The summed E-state index contributed by atoms with van der Waals surface area (Å²) < 4.78 is 5.04. The molecule has 0 saturated carbocycles. The van der Waals surface area contributed by atoms with E-state index in [2.05, 4.69) is 58.7 Å². The molecule has 218 valence electrons. The number of rotatable bonds is 10. The van der Waals surface area contributed by atoms with Crippen LogP contribution in [0.4, 0.5) is 0 Å². The van der Waals surface area contributed by atoms with E-state index in [-0.39, 0.29) is 17.2 Å². The lowest BCUT2D eigenvalue weighted by Gasteiger charge is -2.14. The first-order valence-electron chi connectivity index (χ1n) is 14.7. The van der Waals surface area contributed by atoms with Gasteiger partial charge < -0.3 is 4.57 Å². The fourth-order valence-electron chi connectivity index (χ4n) is 5.59. The predicted molar refractivity (Wildman–Crippen MR) is 167 cm³/mol. The number of aromatic amines is 1. The van der Waals surface area contributed by atoms with Gasteiger partial charge in [0.2, 0.25) is 5.82 Å². The van der Waals surface area contributed by atoms with Gasteiger partial charge in [0.1, 0.15) is 5.82 Å². The minimum absolute atomic E-state index is 0.0517. The molecule has 3 aromatic heterocycles. The lowest BCUT2D eigenvalue weighted by molar-refractivity contribution is 0.560. The van der Waals surface area contributed by atoms with Crippen LogP contribution in [0.15, 0.2) is 88.5 Å². The van der Waals surface area contributed by atoms with Crippen molar-refractivity contribution < 1.29 is 0 Å². The van der Waals surface area contributed by atoms with Gasteiger partial charge in [0.05, 0.1) is 0 Å². The second-order valence-electron chi connectivity index (χ2n) is 11.0. The van der Waals surface area contributed by atoms with Crippen molar-refractivity contribution in [3.63, 3.8) is 0 Å². The summed E-state index contributed by atoms with van der Waals surface area (Å²) in [6, 6.07) is 26.1. The van der Waals surface area contributed by atoms with Crippen LogP contribution in [0.2, 0.25) is 0 Å². The second kappa shape index (κ2) is 12.0. The molecule has 0 amide bonds. The number of nitrogens with one attached hydrogen (secondary N) is 1. The van der Waals surface area contributed by atoms with E-state index in [0.29, 0.717) is 43.0 Å². The van der Waals surface area contributed by atoms with E-state index in [0.717, 1.165) is 40.1 Å². The lowest BCUT2D eigenvalue weighted by Crippen LogP contribution is -2.41. The number of aromatic nitrogens is 8. The molecule has 0 aliphatic carbocycles. The summed E-state index contributed by atoms with van der Waals surface area (Å²) in [5.41, 5.74) is 5.32. The molecule has 0 aliphatic heterocycles. The molecule has 0 radical (unpaired) electrons. The highest BCUT2D eigenvalue weighted by atomic mass is 16.2. The van der Waals surface area contributed by atoms with Crippen molar-refractivity contribution in [3.8, 4) is 22.5 Å². The molecule has 10 nitrogen and oxygen atoms in total. The molecule has 0 atom stereocenters. The summed E-state index contributed by atoms with van der Waals surface area (Å²) in [6.45, 7) is 7.39. The molecule has 0 fully saturated rings. The molecule has 1 N–H and O–H groups in total.